The summed E-state index contributed by atoms with van der Waals surface area (Å²) in [7, 11) is 1.89. The summed E-state index contributed by atoms with van der Waals surface area (Å²) in [5, 5.41) is 8.30. The van der Waals surface area contributed by atoms with E-state index in [1.165, 1.54) is 17.0 Å². The van der Waals surface area contributed by atoms with Crippen LogP contribution in [0.25, 0.3) is 11.2 Å². The molecule has 160 valence electrons. The highest BCUT2D eigenvalue weighted by Gasteiger charge is 2.44. The van der Waals surface area contributed by atoms with E-state index in [9.17, 15) is 18.0 Å². The van der Waals surface area contributed by atoms with Crippen LogP contribution in [0.3, 0.4) is 0 Å². The molecule has 0 N–H and O–H groups in total. The molecule has 31 heavy (non-hydrogen) atoms. The molecule has 10 heteroatoms. The Kier molecular flexibility index (Phi) is 4.40. The van der Waals surface area contributed by atoms with Gasteiger partial charge in [0.2, 0.25) is 0 Å². The van der Waals surface area contributed by atoms with Crippen molar-refractivity contribution in [1.29, 1.82) is 0 Å². The zero-order chi connectivity index (χ0) is 22.0. The lowest BCUT2D eigenvalue weighted by Gasteiger charge is -2.41. The third-order valence-electron chi connectivity index (χ3n) is 6.06. The lowest BCUT2D eigenvalue weighted by molar-refractivity contribution is -0.136. The Morgan fingerprint density at radius 3 is 2.55 bits per heavy atom. The van der Waals surface area contributed by atoms with Crippen molar-refractivity contribution in [2.75, 3.05) is 0 Å². The molecule has 0 bridgehead atoms. The molecule has 0 radical (unpaired) electrons. The highest BCUT2D eigenvalue weighted by Crippen LogP contribution is 2.48. The first kappa shape index (κ1) is 20.0. The molecule has 5 rings (SSSR count). The van der Waals surface area contributed by atoms with Gasteiger partial charge in [-0.3, -0.25) is 8.97 Å². The highest BCUT2D eigenvalue weighted by molar-refractivity contribution is 9.10. The standard InChI is InChI=1S/C21H17BrF3N5O/c1-28-12-26-27-18(28)20(6-3-7-20)13-4-2-5-15(8-13)29-11-17-16(21(23,24)25)9-14(22)10-30(17)19(29)31/h2,4-5,8-12H,3,6-7H2,1H3. The van der Waals surface area contributed by atoms with Crippen molar-refractivity contribution in [2.24, 2.45) is 7.05 Å². The molecule has 1 aromatic carbocycles. The number of aryl methyl sites for hydroxylation is 1. The number of nitrogens with zero attached hydrogens (tertiary/aromatic N) is 5. The summed E-state index contributed by atoms with van der Waals surface area (Å²) in [6.07, 6.45) is 2.47. The van der Waals surface area contributed by atoms with Gasteiger partial charge in [0.15, 0.2) is 0 Å². The molecule has 1 aliphatic rings. The Labute approximate surface area is 183 Å². The number of rotatable bonds is 3. The second-order valence-electron chi connectivity index (χ2n) is 7.86. The van der Waals surface area contributed by atoms with Crippen LogP contribution in [0, 0.1) is 0 Å². The number of hydrogen-bond donors (Lipinski definition) is 0. The zero-order valence-electron chi connectivity index (χ0n) is 16.4. The number of alkyl halides is 3. The van der Waals surface area contributed by atoms with Crippen LogP contribution < -0.4 is 5.69 Å². The van der Waals surface area contributed by atoms with Crippen LogP contribution in [0.5, 0.6) is 0 Å². The molecule has 6 nitrogen and oxygen atoms in total. The molecule has 4 aromatic rings. The maximum atomic E-state index is 13.5. The second kappa shape index (κ2) is 6.81. The number of hydrogen-bond acceptors (Lipinski definition) is 3. The molecule has 3 aromatic heterocycles. The van der Waals surface area contributed by atoms with Gasteiger partial charge >= 0.3 is 11.9 Å². The van der Waals surface area contributed by atoms with Gasteiger partial charge in [0.25, 0.3) is 0 Å². The lowest BCUT2D eigenvalue weighted by atomic mass is 9.63. The average Bonchev–Trinajstić information content (AvgIpc) is 3.24. The first-order valence-electron chi connectivity index (χ1n) is 9.66. The van der Waals surface area contributed by atoms with E-state index in [1.807, 2.05) is 29.8 Å². The van der Waals surface area contributed by atoms with Crippen molar-refractivity contribution in [3.63, 3.8) is 0 Å². The number of halogens is 4. The predicted octanol–water partition coefficient (Wildman–Crippen LogP) is 4.47. The van der Waals surface area contributed by atoms with Gasteiger partial charge in [-0.25, -0.2) is 4.79 Å². The normalized spacial score (nSPS) is 15.9. The van der Waals surface area contributed by atoms with Crippen LogP contribution in [0.15, 0.2) is 58.3 Å². The van der Waals surface area contributed by atoms with Crippen LogP contribution in [-0.2, 0) is 18.6 Å². The van der Waals surface area contributed by atoms with Crippen LogP contribution >= 0.6 is 15.9 Å². The maximum absolute atomic E-state index is 13.5. The molecule has 0 amide bonds. The third kappa shape index (κ3) is 3.03. The van der Waals surface area contributed by atoms with E-state index < -0.39 is 17.4 Å². The smallest absolute Gasteiger partial charge is 0.320 e. The van der Waals surface area contributed by atoms with Gasteiger partial charge in [-0.2, -0.15) is 13.2 Å². The van der Waals surface area contributed by atoms with Crippen LogP contribution in [0.1, 0.15) is 36.2 Å². The number of aromatic nitrogens is 5. The molecular weight excluding hydrogens is 475 g/mol. The lowest BCUT2D eigenvalue weighted by Crippen LogP contribution is -2.38. The Hall–Kier alpha value is -2.88. The maximum Gasteiger partial charge on any atom is 0.418 e. The summed E-state index contributed by atoms with van der Waals surface area (Å²) in [5.41, 5.74) is -0.485. The first-order chi connectivity index (χ1) is 14.7. The van der Waals surface area contributed by atoms with E-state index >= 15 is 0 Å². The van der Waals surface area contributed by atoms with Gasteiger partial charge < -0.3 is 4.57 Å². The van der Waals surface area contributed by atoms with Crippen molar-refractivity contribution >= 4 is 21.4 Å². The average molecular weight is 492 g/mol. The first-order valence-corrected chi connectivity index (χ1v) is 10.5. The summed E-state index contributed by atoms with van der Waals surface area (Å²) in [5.74, 6) is 0.841. The molecular formula is C21H17BrF3N5O. The van der Waals surface area contributed by atoms with Crippen molar-refractivity contribution in [3.05, 3.63) is 81.0 Å². The molecule has 1 fully saturated rings. The van der Waals surface area contributed by atoms with Crippen LogP contribution in [-0.4, -0.2) is 23.7 Å². The van der Waals surface area contributed by atoms with E-state index in [0.717, 1.165) is 41.1 Å². The number of pyridine rings is 1. The van der Waals surface area contributed by atoms with E-state index in [1.54, 1.807) is 12.4 Å². The summed E-state index contributed by atoms with van der Waals surface area (Å²) >= 11 is 3.07. The Morgan fingerprint density at radius 2 is 1.94 bits per heavy atom. The molecule has 0 spiro atoms. The molecule has 1 aliphatic carbocycles. The third-order valence-corrected chi connectivity index (χ3v) is 6.50. The van der Waals surface area contributed by atoms with E-state index in [0.29, 0.717) is 5.69 Å². The van der Waals surface area contributed by atoms with E-state index in [4.69, 9.17) is 0 Å². The molecule has 0 atom stereocenters. The van der Waals surface area contributed by atoms with Gasteiger partial charge in [0.1, 0.15) is 12.2 Å². The van der Waals surface area contributed by atoms with Gasteiger partial charge in [-0.05, 0) is 52.5 Å². The minimum atomic E-state index is -4.59. The SMILES string of the molecule is Cn1cnnc1C1(c2cccc(-n3cc4c(C(F)(F)F)cc(Br)cn4c3=O)c2)CCC1. The molecule has 1 saturated carbocycles. The minimum Gasteiger partial charge on any atom is -0.320 e. The summed E-state index contributed by atoms with van der Waals surface area (Å²) in [6.45, 7) is 0. The number of imidazole rings is 1. The van der Waals surface area contributed by atoms with Gasteiger partial charge in [0, 0.05) is 23.9 Å². The Bertz CT molecular complexity index is 1360. The van der Waals surface area contributed by atoms with Gasteiger partial charge in [-0.15, -0.1) is 10.2 Å². The van der Waals surface area contributed by atoms with Gasteiger partial charge in [-0.1, -0.05) is 18.6 Å². The van der Waals surface area contributed by atoms with Crippen molar-refractivity contribution in [3.8, 4) is 5.69 Å². The van der Waals surface area contributed by atoms with Crippen molar-refractivity contribution in [1.82, 2.24) is 23.7 Å². The summed E-state index contributed by atoms with van der Waals surface area (Å²) < 4.78 is 45.0. The fourth-order valence-corrected chi connectivity index (χ4v) is 4.84. The van der Waals surface area contributed by atoms with Crippen LogP contribution in [0.4, 0.5) is 13.2 Å². The number of fused-ring (bicyclic) bond motifs is 1. The Balaban J connectivity index is 1.69. The minimum absolute atomic E-state index is 0.177. The van der Waals surface area contributed by atoms with E-state index in [2.05, 4.69) is 26.1 Å². The molecule has 0 saturated heterocycles. The largest absolute Gasteiger partial charge is 0.418 e. The zero-order valence-corrected chi connectivity index (χ0v) is 18.0. The summed E-state index contributed by atoms with van der Waals surface area (Å²) in [6, 6.07) is 8.34. The highest BCUT2D eigenvalue weighted by atomic mass is 79.9. The molecule has 0 unspecified atom stereocenters. The van der Waals surface area contributed by atoms with Crippen LogP contribution in [0.2, 0.25) is 0 Å². The van der Waals surface area contributed by atoms with Crippen molar-refractivity contribution < 1.29 is 13.2 Å². The quantitative estimate of drug-likeness (QED) is 0.424. The second-order valence-corrected chi connectivity index (χ2v) is 8.77. The van der Waals surface area contributed by atoms with Gasteiger partial charge in [0.05, 0.1) is 22.2 Å². The topological polar surface area (TPSA) is 57.1 Å². The van der Waals surface area contributed by atoms with Crippen molar-refractivity contribution in [2.45, 2.75) is 30.9 Å². The summed E-state index contributed by atoms with van der Waals surface area (Å²) in [4.78, 5) is 13.0. The predicted molar refractivity (Wildman–Crippen MR) is 111 cm³/mol. The monoisotopic (exact) mass is 491 g/mol. The Morgan fingerprint density at radius 1 is 1.16 bits per heavy atom. The fraction of sp³-hybridized carbons (Fsp3) is 0.286. The number of benzene rings is 1. The molecule has 3 heterocycles. The van der Waals surface area contributed by atoms with E-state index in [-0.39, 0.29) is 15.4 Å². The fourth-order valence-electron chi connectivity index (χ4n) is 4.41. The molecule has 0 aliphatic heterocycles.